The second kappa shape index (κ2) is 10.5. The van der Waals surface area contributed by atoms with Crippen molar-refractivity contribution in [1.29, 1.82) is 0 Å². The smallest absolute Gasteiger partial charge is 0.303 e. The van der Waals surface area contributed by atoms with E-state index >= 15 is 0 Å². The molecule has 2 N–H and O–H groups in total. The molecule has 6 nitrogen and oxygen atoms in total. The van der Waals surface area contributed by atoms with Gasteiger partial charge in [0, 0.05) is 10.9 Å². The lowest BCUT2D eigenvalue weighted by molar-refractivity contribution is -0.137. The molecule has 3 aromatic carbocycles. The first kappa shape index (κ1) is 24.1. The third kappa shape index (κ3) is 5.14. The van der Waals surface area contributed by atoms with Gasteiger partial charge in [-0.15, -0.1) is 0 Å². The maximum absolute atomic E-state index is 11.0. The van der Waals surface area contributed by atoms with E-state index in [1.165, 1.54) is 12.8 Å². The molecule has 5 rings (SSSR count). The van der Waals surface area contributed by atoms with Gasteiger partial charge in [-0.05, 0) is 59.7 Å². The highest BCUT2D eigenvalue weighted by Crippen LogP contribution is 2.36. The number of hydrogen-bond donors (Lipinski definition) is 2. The second-order valence-corrected chi connectivity index (χ2v) is 9.80. The third-order valence-corrected chi connectivity index (χ3v) is 7.16. The Bertz CT molecular complexity index is 1350. The van der Waals surface area contributed by atoms with Crippen LogP contribution in [0.3, 0.4) is 0 Å². The van der Waals surface area contributed by atoms with Crippen LogP contribution < -0.4 is 4.74 Å². The molecular weight excluding hydrogens is 452 g/mol. The Balaban J connectivity index is 1.40. The van der Waals surface area contributed by atoms with Crippen molar-refractivity contribution in [1.82, 2.24) is 9.78 Å². The van der Waals surface area contributed by atoms with Crippen molar-refractivity contribution in [3.63, 3.8) is 0 Å². The number of carboxylic acids is 1. The Labute approximate surface area is 211 Å². The van der Waals surface area contributed by atoms with E-state index in [9.17, 15) is 9.90 Å². The summed E-state index contributed by atoms with van der Waals surface area (Å²) in [6, 6.07) is 22.4. The number of ether oxygens (including phenoxy) is 1. The monoisotopic (exact) mass is 484 g/mol. The SMILES string of the molecule is C[C@@H](CC(=O)O)c1ccc(OCc2ccc3c(-c4cccc(CO)c4)nn(C4CCCC4)c3c2)cc1. The van der Waals surface area contributed by atoms with Crippen LogP contribution in [0.2, 0.25) is 0 Å². The number of aliphatic hydroxyl groups excluding tert-OH is 1. The van der Waals surface area contributed by atoms with E-state index in [4.69, 9.17) is 14.9 Å². The first-order valence-corrected chi connectivity index (χ1v) is 12.7. The Morgan fingerprint density at radius 3 is 2.56 bits per heavy atom. The molecule has 0 radical (unpaired) electrons. The summed E-state index contributed by atoms with van der Waals surface area (Å²) in [6.45, 7) is 2.36. The van der Waals surface area contributed by atoms with Crippen molar-refractivity contribution in [2.75, 3.05) is 0 Å². The number of benzene rings is 3. The second-order valence-electron chi connectivity index (χ2n) is 9.80. The summed E-state index contributed by atoms with van der Waals surface area (Å²) in [7, 11) is 0. The van der Waals surface area contributed by atoms with E-state index in [1.807, 2.05) is 49.4 Å². The molecule has 1 heterocycles. The highest BCUT2D eigenvalue weighted by atomic mass is 16.5. The first-order valence-electron chi connectivity index (χ1n) is 12.7. The number of rotatable bonds is 9. The highest BCUT2D eigenvalue weighted by Gasteiger charge is 2.22. The lowest BCUT2D eigenvalue weighted by atomic mass is 9.98. The number of aliphatic hydroxyl groups is 1. The zero-order chi connectivity index (χ0) is 25.1. The predicted octanol–water partition coefficient (Wildman–Crippen LogP) is 6.47. The maximum Gasteiger partial charge on any atom is 0.303 e. The van der Waals surface area contributed by atoms with E-state index < -0.39 is 5.97 Å². The first-order chi connectivity index (χ1) is 17.5. The van der Waals surface area contributed by atoms with Gasteiger partial charge in [0.1, 0.15) is 18.1 Å². The van der Waals surface area contributed by atoms with E-state index in [0.29, 0.717) is 12.6 Å². The van der Waals surface area contributed by atoms with Gasteiger partial charge < -0.3 is 14.9 Å². The van der Waals surface area contributed by atoms with Crippen LogP contribution in [-0.4, -0.2) is 26.0 Å². The largest absolute Gasteiger partial charge is 0.489 e. The van der Waals surface area contributed by atoms with Gasteiger partial charge in [-0.1, -0.05) is 62.2 Å². The molecule has 186 valence electrons. The number of nitrogens with zero attached hydrogens (tertiary/aromatic N) is 2. The van der Waals surface area contributed by atoms with Gasteiger partial charge in [0.05, 0.1) is 24.6 Å². The predicted molar refractivity (Wildman–Crippen MR) is 140 cm³/mol. The van der Waals surface area contributed by atoms with E-state index in [2.05, 4.69) is 28.9 Å². The van der Waals surface area contributed by atoms with Gasteiger partial charge in [0.15, 0.2) is 0 Å². The average molecular weight is 485 g/mol. The zero-order valence-electron chi connectivity index (χ0n) is 20.6. The van der Waals surface area contributed by atoms with E-state index in [1.54, 1.807) is 0 Å². The van der Waals surface area contributed by atoms with Gasteiger partial charge in [-0.25, -0.2) is 0 Å². The molecule has 0 saturated heterocycles. The van der Waals surface area contributed by atoms with Crippen molar-refractivity contribution in [2.45, 2.75) is 64.2 Å². The van der Waals surface area contributed by atoms with Gasteiger partial charge in [0.25, 0.3) is 0 Å². The summed E-state index contributed by atoms with van der Waals surface area (Å²) in [5, 5.41) is 24.8. The molecule has 36 heavy (non-hydrogen) atoms. The van der Waals surface area contributed by atoms with Crippen LogP contribution in [-0.2, 0) is 18.0 Å². The zero-order valence-corrected chi connectivity index (χ0v) is 20.6. The molecule has 4 aromatic rings. The lowest BCUT2D eigenvalue weighted by Gasteiger charge is -2.13. The van der Waals surface area contributed by atoms with Crippen LogP contribution in [0.4, 0.5) is 0 Å². The van der Waals surface area contributed by atoms with Crippen molar-refractivity contribution >= 4 is 16.9 Å². The van der Waals surface area contributed by atoms with Crippen LogP contribution in [0.1, 0.15) is 67.7 Å². The van der Waals surface area contributed by atoms with Crippen LogP contribution in [0.15, 0.2) is 66.7 Å². The molecule has 1 aliphatic rings. The number of aliphatic carboxylic acids is 1. The van der Waals surface area contributed by atoms with Crippen LogP contribution >= 0.6 is 0 Å². The Morgan fingerprint density at radius 2 is 1.83 bits per heavy atom. The molecule has 1 aliphatic carbocycles. The minimum absolute atomic E-state index is 0.00996. The third-order valence-electron chi connectivity index (χ3n) is 7.16. The fraction of sp³-hybridized carbons (Fsp3) is 0.333. The van der Waals surface area contributed by atoms with Gasteiger partial charge >= 0.3 is 5.97 Å². The summed E-state index contributed by atoms with van der Waals surface area (Å²) in [5.74, 6) is -0.0754. The van der Waals surface area contributed by atoms with Gasteiger partial charge in [-0.2, -0.15) is 5.10 Å². The summed E-state index contributed by atoms with van der Waals surface area (Å²) in [4.78, 5) is 11.0. The number of fused-ring (bicyclic) bond motifs is 1. The minimum Gasteiger partial charge on any atom is -0.489 e. The Hall–Kier alpha value is -3.64. The van der Waals surface area contributed by atoms with Crippen molar-refractivity contribution < 1.29 is 19.7 Å². The molecule has 1 saturated carbocycles. The average Bonchev–Trinajstić information content (AvgIpc) is 3.55. The summed E-state index contributed by atoms with van der Waals surface area (Å²) >= 11 is 0. The van der Waals surface area contributed by atoms with Gasteiger partial charge in [-0.3, -0.25) is 9.48 Å². The van der Waals surface area contributed by atoms with Gasteiger partial charge in [0.2, 0.25) is 0 Å². The van der Waals surface area contributed by atoms with Crippen molar-refractivity contribution in [3.05, 3.63) is 83.4 Å². The molecule has 1 atom stereocenters. The highest BCUT2D eigenvalue weighted by molar-refractivity contribution is 5.94. The Morgan fingerprint density at radius 1 is 1.06 bits per heavy atom. The molecule has 1 aromatic heterocycles. The van der Waals surface area contributed by atoms with Crippen LogP contribution in [0, 0.1) is 0 Å². The molecule has 0 bridgehead atoms. The van der Waals surface area contributed by atoms with Crippen LogP contribution in [0.25, 0.3) is 22.2 Å². The number of aromatic nitrogens is 2. The summed E-state index contributed by atoms with van der Waals surface area (Å²) in [5.41, 5.74) is 6.02. The van der Waals surface area contributed by atoms with E-state index in [0.717, 1.165) is 57.4 Å². The maximum atomic E-state index is 11.0. The van der Waals surface area contributed by atoms with Crippen molar-refractivity contribution in [3.8, 4) is 17.0 Å². The number of hydrogen-bond acceptors (Lipinski definition) is 4. The normalized spacial score (nSPS) is 14.8. The van der Waals surface area contributed by atoms with E-state index in [-0.39, 0.29) is 18.9 Å². The molecule has 0 unspecified atom stereocenters. The topological polar surface area (TPSA) is 84.6 Å². The number of carboxylic acid groups (broad SMARTS) is 1. The summed E-state index contributed by atoms with van der Waals surface area (Å²) < 4.78 is 8.27. The molecular formula is C30H32N2O4. The standard InChI is InChI=1S/C30H32N2O4/c1-20(15-29(34)35)23-10-12-26(13-11-23)36-19-22-9-14-27-28(17-22)32(25-7-2-3-8-25)31-30(27)24-6-4-5-21(16-24)18-33/h4-6,9-14,16-17,20,25,33H,2-3,7-8,15,18-19H2,1H3,(H,34,35)/t20-/m0/s1. The minimum atomic E-state index is -0.792. The lowest BCUT2D eigenvalue weighted by Crippen LogP contribution is -2.06. The fourth-order valence-corrected chi connectivity index (χ4v) is 5.17. The molecule has 0 spiro atoms. The summed E-state index contributed by atoms with van der Waals surface area (Å²) in [6.07, 6.45) is 4.85. The fourth-order valence-electron chi connectivity index (χ4n) is 5.17. The molecule has 6 heteroatoms. The van der Waals surface area contributed by atoms with Crippen molar-refractivity contribution in [2.24, 2.45) is 0 Å². The Kier molecular flexibility index (Phi) is 7.05. The molecule has 0 aliphatic heterocycles. The quantitative estimate of drug-likeness (QED) is 0.284. The molecule has 0 amide bonds. The number of carbonyl (C=O) groups is 1. The molecule has 1 fully saturated rings. The van der Waals surface area contributed by atoms with Crippen LogP contribution in [0.5, 0.6) is 5.75 Å².